The van der Waals surface area contributed by atoms with Crippen LogP contribution in [0.4, 0.5) is 0 Å². The van der Waals surface area contributed by atoms with Crippen LogP contribution in [0.15, 0.2) is 22.7 Å². The summed E-state index contributed by atoms with van der Waals surface area (Å²) in [7, 11) is 6.52. The minimum absolute atomic E-state index is 0.239. The average molecular weight is 374 g/mol. The Morgan fingerprint density at radius 2 is 1.95 bits per heavy atom. The van der Waals surface area contributed by atoms with Gasteiger partial charge < -0.3 is 10.2 Å². The van der Waals surface area contributed by atoms with Crippen LogP contribution in [0, 0.1) is 0 Å². The minimum Gasteiger partial charge on any atom is -0.315 e. The number of benzene rings is 1. The molecular weight excluding hydrogens is 348 g/mol. The van der Waals surface area contributed by atoms with Gasteiger partial charge in [0.2, 0.25) is 0 Å². The molecule has 0 aliphatic heterocycles. The van der Waals surface area contributed by atoms with Crippen molar-refractivity contribution >= 4 is 27.5 Å². The molecule has 118 valence electrons. The van der Waals surface area contributed by atoms with Gasteiger partial charge in [0.15, 0.2) is 0 Å². The van der Waals surface area contributed by atoms with Gasteiger partial charge in [0.05, 0.1) is 0 Å². The molecule has 1 fully saturated rings. The van der Waals surface area contributed by atoms with E-state index >= 15 is 0 Å². The number of nitrogens with one attached hydrogen (secondary N) is 1. The Morgan fingerprint density at radius 3 is 2.48 bits per heavy atom. The lowest BCUT2D eigenvalue weighted by Crippen LogP contribution is -2.60. The molecule has 1 atom stereocenters. The predicted molar refractivity (Wildman–Crippen MR) is 95.2 cm³/mol. The second-order valence-electron chi connectivity index (χ2n) is 6.34. The number of hydrogen-bond acceptors (Lipinski definition) is 2. The Balaban J connectivity index is 2.24. The predicted octanol–water partition coefficient (Wildman–Crippen LogP) is 4.50. The highest BCUT2D eigenvalue weighted by Gasteiger charge is 2.41. The van der Waals surface area contributed by atoms with E-state index in [4.69, 9.17) is 11.6 Å². The van der Waals surface area contributed by atoms with Crippen LogP contribution in [0.3, 0.4) is 0 Å². The van der Waals surface area contributed by atoms with Crippen LogP contribution < -0.4 is 5.32 Å². The molecule has 1 N–H and O–H groups in total. The number of halogens is 2. The summed E-state index contributed by atoms with van der Waals surface area (Å²) < 4.78 is 1.04. The first-order valence-electron chi connectivity index (χ1n) is 7.78. The van der Waals surface area contributed by atoms with Gasteiger partial charge in [-0.15, -0.1) is 0 Å². The smallest absolute Gasteiger partial charge is 0.0449 e. The molecule has 1 saturated carbocycles. The summed E-state index contributed by atoms with van der Waals surface area (Å²) in [6.07, 6.45) is 7.51. The molecule has 0 radical (unpaired) electrons. The van der Waals surface area contributed by atoms with E-state index < -0.39 is 0 Å². The quantitative estimate of drug-likeness (QED) is 0.817. The van der Waals surface area contributed by atoms with Crippen LogP contribution in [-0.4, -0.2) is 37.6 Å². The molecule has 21 heavy (non-hydrogen) atoms. The zero-order valence-corrected chi connectivity index (χ0v) is 15.6. The topological polar surface area (TPSA) is 15.3 Å². The molecule has 2 rings (SSSR count). The van der Waals surface area contributed by atoms with Crippen molar-refractivity contribution in [3.8, 4) is 0 Å². The van der Waals surface area contributed by atoms with E-state index in [2.05, 4.69) is 59.4 Å². The van der Waals surface area contributed by atoms with Crippen LogP contribution in [0.5, 0.6) is 0 Å². The first-order chi connectivity index (χ1) is 9.99. The number of likely N-dealkylation sites (N-methyl/N-ethyl adjacent to an activating group) is 2. The van der Waals surface area contributed by atoms with Crippen LogP contribution in [-0.2, 0) is 6.42 Å². The van der Waals surface area contributed by atoms with E-state index in [1.807, 2.05) is 6.07 Å². The highest BCUT2D eigenvalue weighted by atomic mass is 79.9. The number of hydrogen-bond donors (Lipinski definition) is 1. The summed E-state index contributed by atoms with van der Waals surface area (Å²) in [5, 5.41) is 4.43. The number of rotatable bonds is 5. The lowest BCUT2D eigenvalue weighted by Gasteiger charge is -2.48. The fraction of sp³-hybridized carbons (Fsp3) is 0.647. The molecule has 0 heterocycles. The maximum Gasteiger partial charge on any atom is 0.0449 e. The largest absolute Gasteiger partial charge is 0.315 e. The zero-order valence-electron chi connectivity index (χ0n) is 13.3. The molecule has 0 saturated heterocycles. The maximum absolute atomic E-state index is 6.42. The van der Waals surface area contributed by atoms with E-state index in [1.54, 1.807) is 0 Å². The average Bonchev–Trinajstić information content (AvgIpc) is 2.47. The fourth-order valence-electron chi connectivity index (χ4n) is 3.74. The summed E-state index contributed by atoms with van der Waals surface area (Å²) >= 11 is 9.90. The van der Waals surface area contributed by atoms with Gasteiger partial charge in [-0.05, 0) is 58.1 Å². The van der Waals surface area contributed by atoms with Crippen LogP contribution >= 0.6 is 27.5 Å². The molecule has 4 heteroatoms. The minimum atomic E-state index is 0.239. The summed E-state index contributed by atoms with van der Waals surface area (Å²) in [6.45, 7) is 0. The van der Waals surface area contributed by atoms with Crippen molar-refractivity contribution in [1.82, 2.24) is 10.2 Å². The van der Waals surface area contributed by atoms with E-state index in [0.29, 0.717) is 6.04 Å². The molecule has 0 bridgehead atoms. The van der Waals surface area contributed by atoms with Crippen LogP contribution in [0.1, 0.15) is 37.7 Å². The molecule has 1 aliphatic rings. The Bertz CT molecular complexity index is 470. The van der Waals surface area contributed by atoms with Gasteiger partial charge in [0.25, 0.3) is 0 Å². The third-order valence-corrected chi connectivity index (χ3v) is 5.89. The van der Waals surface area contributed by atoms with E-state index in [0.717, 1.165) is 15.9 Å². The summed E-state index contributed by atoms with van der Waals surface area (Å²) in [5.74, 6) is 0. The van der Waals surface area contributed by atoms with Gasteiger partial charge in [-0.3, -0.25) is 0 Å². The van der Waals surface area contributed by atoms with Crippen molar-refractivity contribution in [2.75, 3.05) is 21.1 Å². The van der Waals surface area contributed by atoms with Crippen molar-refractivity contribution in [2.24, 2.45) is 0 Å². The van der Waals surface area contributed by atoms with Crippen molar-refractivity contribution in [1.29, 1.82) is 0 Å². The van der Waals surface area contributed by atoms with E-state index in [1.165, 1.54) is 37.7 Å². The Hall–Kier alpha value is -0.0900. The molecule has 0 amide bonds. The Kier molecular flexibility index (Phi) is 6.13. The standard InChI is InChI=1S/C17H26BrClN2/c1-20-16(11-13-7-8-14(18)12-15(13)19)17(21(2)3)9-5-4-6-10-17/h7-8,12,16,20H,4-6,9-11H2,1-3H3. The van der Waals surface area contributed by atoms with Crippen LogP contribution in [0.25, 0.3) is 0 Å². The zero-order chi connectivity index (χ0) is 15.5. The van der Waals surface area contributed by atoms with Crippen LogP contribution in [0.2, 0.25) is 5.02 Å². The molecule has 1 aromatic rings. The molecule has 1 aliphatic carbocycles. The summed E-state index contributed by atoms with van der Waals surface area (Å²) in [5.41, 5.74) is 1.47. The lowest BCUT2D eigenvalue weighted by atomic mass is 9.73. The third kappa shape index (κ3) is 3.82. The first kappa shape index (κ1) is 17.3. The molecule has 0 aromatic heterocycles. The molecule has 2 nitrogen and oxygen atoms in total. The molecular formula is C17H26BrClN2. The third-order valence-electron chi connectivity index (χ3n) is 5.05. The summed E-state index contributed by atoms with van der Waals surface area (Å²) in [6, 6.07) is 6.64. The van der Waals surface area contributed by atoms with Gasteiger partial charge in [0, 0.05) is 21.1 Å². The maximum atomic E-state index is 6.42. The first-order valence-corrected chi connectivity index (χ1v) is 8.95. The second-order valence-corrected chi connectivity index (χ2v) is 7.66. The van der Waals surface area contributed by atoms with Gasteiger partial charge in [0.1, 0.15) is 0 Å². The van der Waals surface area contributed by atoms with E-state index in [9.17, 15) is 0 Å². The molecule has 0 spiro atoms. The van der Waals surface area contributed by atoms with Crippen molar-refractivity contribution in [2.45, 2.75) is 50.1 Å². The van der Waals surface area contributed by atoms with Gasteiger partial charge >= 0.3 is 0 Å². The highest BCUT2D eigenvalue weighted by Crippen LogP contribution is 2.37. The van der Waals surface area contributed by atoms with Crippen molar-refractivity contribution < 1.29 is 0 Å². The monoisotopic (exact) mass is 372 g/mol. The second kappa shape index (κ2) is 7.45. The molecule has 1 aromatic carbocycles. The molecule has 1 unspecified atom stereocenters. The van der Waals surface area contributed by atoms with Crippen molar-refractivity contribution in [3.05, 3.63) is 33.3 Å². The van der Waals surface area contributed by atoms with E-state index in [-0.39, 0.29) is 5.54 Å². The Morgan fingerprint density at radius 1 is 1.29 bits per heavy atom. The van der Waals surface area contributed by atoms with Crippen molar-refractivity contribution in [3.63, 3.8) is 0 Å². The van der Waals surface area contributed by atoms with Gasteiger partial charge in [-0.2, -0.15) is 0 Å². The summed E-state index contributed by atoms with van der Waals surface area (Å²) in [4.78, 5) is 2.43. The normalized spacial score (nSPS) is 19.7. The van der Waals surface area contributed by atoms with Gasteiger partial charge in [-0.25, -0.2) is 0 Å². The Labute approximate surface area is 142 Å². The fourth-order valence-corrected chi connectivity index (χ4v) is 4.49. The van der Waals surface area contributed by atoms with Gasteiger partial charge in [-0.1, -0.05) is 52.9 Å². The SMILES string of the molecule is CNC(Cc1ccc(Br)cc1Cl)C1(N(C)C)CCCCC1. The highest BCUT2D eigenvalue weighted by molar-refractivity contribution is 9.10. The number of nitrogens with zero attached hydrogens (tertiary/aromatic N) is 1. The lowest BCUT2D eigenvalue weighted by molar-refractivity contribution is 0.0598.